The van der Waals surface area contributed by atoms with E-state index in [9.17, 15) is 14.0 Å². The molecular formula is C12H14FNO3. The zero-order valence-corrected chi connectivity index (χ0v) is 9.75. The summed E-state index contributed by atoms with van der Waals surface area (Å²) in [6, 6.07) is 4.74. The van der Waals surface area contributed by atoms with Gasteiger partial charge in [0.2, 0.25) is 0 Å². The first-order chi connectivity index (χ1) is 8.04. The second-order valence-corrected chi connectivity index (χ2v) is 3.58. The molecule has 0 atom stereocenters. The summed E-state index contributed by atoms with van der Waals surface area (Å²) in [5.74, 6) is -1.95. The van der Waals surface area contributed by atoms with Crippen LogP contribution in [0.2, 0.25) is 0 Å². The molecule has 1 aromatic carbocycles. The molecule has 0 saturated heterocycles. The fourth-order valence-electron chi connectivity index (χ4n) is 1.35. The Labute approximate surface area is 98.8 Å². The third-order valence-electron chi connectivity index (χ3n) is 2.29. The number of esters is 1. The van der Waals surface area contributed by atoms with Gasteiger partial charge in [-0.3, -0.25) is 4.79 Å². The summed E-state index contributed by atoms with van der Waals surface area (Å²) >= 11 is 0. The van der Waals surface area contributed by atoms with Crippen LogP contribution >= 0.6 is 0 Å². The second kappa shape index (κ2) is 5.98. The SMILES string of the molecule is COC(=O)C(=O)NCCc1ccc(F)c(C)c1. The van der Waals surface area contributed by atoms with Gasteiger partial charge in [0.25, 0.3) is 0 Å². The number of nitrogens with one attached hydrogen (secondary N) is 1. The number of carbonyl (C=O) groups excluding carboxylic acids is 2. The van der Waals surface area contributed by atoms with E-state index in [1.807, 2.05) is 0 Å². The molecule has 1 aromatic rings. The number of carbonyl (C=O) groups is 2. The van der Waals surface area contributed by atoms with Gasteiger partial charge in [-0.2, -0.15) is 0 Å². The standard InChI is InChI=1S/C12H14FNO3/c1-8-7-9(3-4-10(8)13)5-6-14-11(15)12(16)17-2/h3-4,7H,5-6H2,1-2H3,(H,14,15). The summed E-state index contributed by atoms with van der Waals surface area (Å²) in [6.07, 6.45) is 0.532. The van der Waals surface area contributed by atoms with Crippen molar-refractivity contribution in [1.82, 2.24) is 5.32 Å². The van der Waals surface area contributed by atoms with E-state index in [-0.39, 0.29) is 5.82 Å². The summed E-state index contributed by atoms with van der Waals surface area (Å²) in [7, 11) is 1.14. The Kier molecular flexibility index (Phi) is 4.63. The van der Waals surface area contributed by atoms with Gasteiger partial charge in [-0.1, -0.05) is 12.1 Å². The van der Waals surface area contributed by atoms with Crippen LogP contribution in [-0.2, 0) is 20.7 Å². The predicted molar refractivity (Wildman–Crippen MR) is 59.9 cm³/mol. The molecule has 1 amide bonds. The molecular weight excluding hydrogens is 225 g/mol. The van der Waals surface area contributed by atoms with Crippen molar-refractivity contribution in [3.63, 3.8) is 0 Å². The number of halogens is 1. The lowest BCUT2D eigenvalue weighted by Gasteiger charge is -2.05. The van der Waals surface area contributed by atoms with E-state index in [0.29, 0.717) is 18.5 Å². The van der Waals surface area contributed by atoms with Crippen LogP contribution in [0.4, 0.5) is 4.39 Å². The first kappa shape index (κ1) is 13.2. The van der Waals surface area contributed by atoms with Crippen molar-refractivity contribution in [2.45, 2.75) is 13.3 Å². The van der Waals surface area contributed by atoms with Crippen molar-refractivity contribution >= 4 is 11.9 Å². The average Bonchev–Trinajstić information content (AvgIpc) is 2.32. The zero-order chi connectivity index (χ0) is 12.8. The highest BCUT2D eigenvalue weighted by atomic mass is 19.1. The average molecular weight is 239 g/mol. The molecule has 92 valence electrons. The molecule has 0 aliphatic heterocycles. The van der Waals surface area contributed by atoms with Gasteiger partial charge in [0, 0.05) is 6.54 Å². The highest BCUT2D eigenvalue weighted by Gasteiger charge is 2.12. The highest BCUT2D eigenvalue weighted by molar-refractivity contribution is 6.32. The predicted octanol–water partition coefficient (Wildman–Crippen LogP) is 0.966. The van der Waals surface area contributed by atoms with Crippen LogP contribution < -0.4 is 5.32 Å². The third kappa shape index (κ3) is 3.86. The molecule has 0 bridgehead atoms. The van der Waals surface area contributed by atoms with Gasteiger partial charge in [0.1, 0.15) is 5.82 Å². The van der Waals surface area contributed by atoms with E-state index in [1.54, 1.807) is 19.1 Å². The number of hydrogen-bond acceptors (Lipinski definition) is 3. The Morgan fingerprint density at radius 1 is 1.41 bits per heavy atom. The number of hydrogen-bond donors (Lipinski definition) is 1. The Hall–Kier alpha value is -1.91. The number of rotatable bonds is 3. The largest absolute Gasteiger partial charge is 0.462 e. The molecule has 0 saturated carbocycles. The van der Waals surface area contributed by atoms with Crippen molar-refractivity contribution in [3.8, 4) is 0 Å². The van der Waals surface area contributed by atoms with Gasteiger partial charge in [-0.15, -0.1) is 0 Å². The maximum Gasteiger partial charge on any atom is 0.396 e. The quantitative estimate of drug-likeness (QED) is 0.631. The van der Waals surface area contributed by atoms with Crippen LogP contribution in [0.3, 0.4) is 0 Å². The lowest BCUT2D eigenvalue weighted by Crippen LogP contribution is -2.33. The number of methoxy groups -OCH3 is 1. The number of ether oxygens (including phenoxy) is 1. The molecule has 0 aliphatic rings. The minimum absolute atomic E-state index is 0.257. The van der Waals surface area contributed by atoms with Crippen molar-refractivity contribution in [1.29, 1.82) is 0 Å². The molecule has 0 aromatic heterocycles. The minimum Gasteiger partial charge on any atom is -0.462 e. The van der Waals surface area contributed by atoms with Crippen molar-refractivity contribution in [3.05, 3.63) is 35.1 Å². The lowest BCUT2D eigenvalue weighted by molar-refractivity contribution is -0.152. The lowest BCUT2D eigenvalue weighted by atomic mass is 10.1. The summed E-state index contributed by atoms with van der Waals surface area (Å²) in [4.78, 5) is 21.8. The van der Waals surface area contributed by atoms with Crippen molar-refractivity contribution in [2.24, 2.45) is 0 Å². The van der Waals surface area contributed by atoms with Crippen LogP contribution in [0.1, 0.15) is 11.1 Å². The molecule has 0 fully saturated rings. The minimum atomic E-state index is -0.916. The van der Waals surface area contributed by atoms with E-state index in [4.69, 9.17) is 0 Å². The van der Waals surface area contributed by atoms with Crippen molar-refractivity contribution in [2.75, 3.05) is 13.7 Å². The van der Waals surface area contributed by atoms with Crippen LogP contribution in [-0.4, -0.2) is 25.5 Å². The zero-order valence-electron chi connectivity index (χ0n) is 9.75. The molecule has 0 aliphatic carbocycles. The molecule has 0 spiro atoms. The van der Waals surface area contributed by atoms with E-state index >= 15 is 0 Å². The summed E-state index contributed by atoms with van der Waals surface area (Å²) < 4.78 is 17.2. The van der Waals surface area contributed by atoms with Crippen molar-refractivity contribution < 1.29 is 18.7 Å². The molecule has 0 heterocycles. The monoisotopic (exact) mass is 239 g/mol. The van der Waals surface area contributed by atoms with Gasteiger partial charge in [0.15, 0.2) is 0 Å². The van der Waals surface area contributed by atoms with Crippen LogP contribution in [0.5, 0.6) is 0 Å². The third-order valence-corrected chi connectivity index (χ3v) is 2.29. The smallest absolute Gasteiger partial charge is 0.396 e. The normalized spacial score (nSPS) is 9.82. The summed E-state index contributed by atoms with van der Waals surface area (Å²) in [6.45, 7) is 1.98. The molecule has 17 heavy (non-hydrogen) atoms. The number of benzene rings is 1. The Morgan fingerprint density at radius 2 is 2.12 bits per heavy atom. The molecule has 0 unspecified atom stereocenters. The molecule has 4 nitrogen and oxygen atoms in total. The van der Waals surface area contributed by atoms with E-state index < -0.39 is 11.9 Å². The molecule has 0 radical (unpaired) electrons. The van der Waals surface area contributed by atoms with Gasteiger partial charge in [-0.25, -0.2) is 9.18 Å². The van der Waals surface area contributed by atoms with E-state index in [0.717, 1.165) is 12.7 Å². The summed E-state index contributed by atoms with van der Waals surface area (Å²) in [5, 5.41) is 2.41. The van der Waals surface area contributed by atoms with Crippen LogP contribution in [0.25, 0.3) is 0 Å². The topological polar surface area (TPSA) is 55.4 Å². The molecule has 5 heteroatoms. The maximum absolute atomic E-state index is 13.0. The van der Waals surface area contributed by atoms with Gasteiger partial charge < -0.3 is 10.1 Å². The molecule has 1 rings (SSSR count). The van der Waals surface area contributed by atoms with E-state index in [1.165, 1.54) is 6.07 Å². The van der Waals surface area contributed by atoms with Crippen LogP contribution in [0, 0.1) is 12.7 Å². The number of amides is 1. The first-order valence-electron chi connectivity index (χ1n) is 5.15. The number of aryl methyl sites for hydroxylation is 1. The Bertz CT molecular complexity index is 432. The fraction of sp³-hybridized carbons (Fsp3) is 0.333. The Balaban J connectivity index is 2.43. The fourth-order valence-corrected chi connectivity index (χ4v) is 1.35. The van der Waals surface area contributed by atoms with E-state index in [2.05, 4.69) is 10.1 Å². The summed E-state index contributed by atoms with van der Waals surface area (Å²) in [5.41, 5.74) is 1.45. The maximum atomic E-state index is 13.0. The molecule has 1 N–H and O–H groups in total. The first-order valence-corrected chi connectivity index (χ1v) is 5.15. The van der Waals surface area contributed by atoms with Gasteiger partial charge >= 0.3 is 11.9 Å². The van der Waals surface area contributed by atoms with Gasteiger partial charge in [-0.05, 0) is 30.5 Å². The Morgan fingerprint density at radius 3 is 2.71 bits per heavy atom. The second-order valence-electron chi connectivity index (χ2n) is 3.58. The highest BCUT2D eigenvalue weighted by Crippen LogP contribution is 2.09. The van der Waals surface area contributed by atoms with Gasteiger partial charge in [0.05, 0.1) is 7.11 Å². The van der Waals surface area contributed by atoms with Crippen LogP contribution in [0.15, 0.2) is 18.2 Å².